The van der Waals surface area contributed by atoms with Gasteiger partial charge in [0.15, 0.2) is 0 Å². The molecule has 0 saturated carbocycles. The number of hydrogen-bond acceptors (Lipinski definition) is 2. The van der Waals surface area contributed by atoms with Crippen molar-refractivity contribution in [2.75, 3.05) is 11.5 Å². The number of para-hydroxylation sites is 2. The summed E-state index contributed by atoms with van der Waals surface area (Å²) in [6, 6.07) is 97.9. The Labute approximate surface area is 483 Å². The molecule has 3 atom stereocenters. The number of hydrogen-bond donors (Lipinski definition) is 0. The van der Waals surface area contributed by atoms with E-state index in [2.05, 4.69) is 303 Å². The molecule has 13 rings (SSSR count). The zero-order valence-electron chi connectivity index (χ0n) is 46.8. The van der Waals surface area contributed by atoms with Crippen molar-refractivity contribution < 1.29 is 4.74 Å². The molecule has 0 bridgehead atoms. The largest absolute Gasteiger partial charge is 0.493 e. The fraction of sp³-hybridized carbons (Fsp3) is 0.114. The van der Waals surface area contributed by atoms with E-state index in [1.807, 2.05) is 12.2 Å². The molecule has 11 aromatic carbocycles. The van der Waals surface area contributed by atoms with Crippen LogP contribution in [-0.4, -0.2) is 11.2 Å². The van der Waals surface area contributed by atoms with Crippen molar-refractivity contribution in [1.29, 1.82) is 0 Å². The second-order valence-corrected chi connectivity index (χ2v) is 22.4. The van der Waals surface area contributed by atoms with Gasteiger partial charge in [0.05, 0.1) is 17.6 Å². The summed E-state index contributed by atoms with van der Waals surface area (Å²) >= 11 is 0. The van der Waals surface area contributed by atoms with Crippen LogP contribution in [0.25, 0.3) is 84.2 Å². The Morgan fingerprint density at radius 1 is 0.427 bits per heavy atom. The number of anilines is 3. The number of aromatic nitrogens is 1. The lowest BCUT2D eigenvalue weighted by Crippen LogP contribution is -2.30. The lowest BCUT2D eigenvalue weighted by atomic mass is 9.67. The lowest BCUT2D eigenvalue weighted by molar-refractivity contribution is 0.240. The van der Waals surface area contributed by atoms with Crippen LogP contribution in [0.5, 0.6) is 5.75 Å². The average Bonchev–Trinajstić information content (AvgIpc) is 3.03. The summed E-state index contributed by atoms with van der Waals surface area (Å²) in [5.41, 5.74) is 22.5. The Balaban J connectivity index is 0.813. The van der Waals surface area contributed by atoms with Gasteiger partial charge in [0.2, 0.25) is 0 Å². The molecule has 0 fully saturated rings. The average molecular weight is 1060 g/mol. The van der Waals surface area contributed by atoms with Crippen molar-refractivity contribution in [2.45, 2.75) is 38.5 Å². The minimum Gasteiger partial charge on any atom is -0.493 e. The summed E-state index contributed by atoms with van der Waals surface area (Å²) < 4.78 is 8.82. The molecule has 3 unspecified atom stereocenters. The van der Waals surface area contributed by atoms with Crippen LogP contribution in [0.2, 0.25) is 0 Å². The van der Waals surface area contributed by atoms with Crippen molar-refractivity contribution in [3.8, 4) is 55.9 Å². The number of fused-ring (bicyclic) bond motifs is 6. The van der Waals surface area contributed by atoms with Crippen LogP contribution in [-0.2, 0) is 5.41 Å². The van der Waals surface area contributed by atoms with E-state index in [0.29, 0.717) is 18.4 Å². The van der Waals surface area contributed by atoms with Gasteiger partial charge in [-0.2, -0.15) is 0 Å². The summed E-state index contributed by atoms with van der Waals surface area (Å²) in [6.07, 6.45) is 6.91. The minimum atomic E-state index is -0.360. The fourth-order valence-electron chi connectivity index (χ4n) is 12.8. The van der Waals surface area contributed by atoms with Gasteiger partial charge >= 0.3 is 0 Å². The molecule has 0 aliphatic heterocycles. The van der Waals surface area contributed by atoms with Crippen molar-refractivity contribution in [3.05, 3.63) is 308 Å². The first kappa shape index (κ1) is 51.7. The fourth-order valence-corrected chi connectivity index (χ4v) is 12.8. The van der Waals surface area contributed by atoms with E-state index in [1.165, 1.54) is 83.0 Å². The Hall–Kier alpha value is -9.70. The van der Waals surface area contributed by atoms with Crippen LogP contribution in [0.1, 0.15) is 60.9 Å². The molecule has 0 spiro atoms. The summed E-state index contributed by atoms with van der Waals surface area (Å²) in [5, 5.41) is 2.45. The van der Waals surface area contributed by atoms with Crippen LogP contribution in [0.15, 0.2) is 280 Å². The van der Waals surface area contributed by atoms with E-state index in [-0.39, 0.29) is 5.41 Å². The molecule has 398 valence electrons. The van der Waals surface area contributed by atoms with Gasteiger partial charge in [-0.1, -0.05) is 228 Å². The van der Waals surface area contributed by atoms with Crippen molar-refractivity contribution in [1.82, 2.24) is 4.57 Å². The highest BCUT2D eigenvalue weighted by Gasteiger charge is 2.45. The quantitative estimate of drug-likeness (QED) is 0.0852. The van der Waals surface area contributed by atoms with Crippen LogP contribution < -0.4 is 9.64 Å². The van der Waals surface area contributed by atoms with Gasteiger partial charge in [-0.05, 0) is 182 Å². The molecule has 1 heterocycles. The summed E-state index contributed by atoms with van der Waals surface area (Å²) in [7, 11) is 0. The summed E-state index contributed by atoms with van der Waals surface area (Å²) in [6.45, 7) is 13.3. The van der Waals surface area contributed by atoms with E-state index in [4.69, 9.17) is 4.74 Å². The molecule has 0 N–H and O–H groups in total. The maximum absolute atomic E-state index is 6.43. The molecule has 1 aliphatic carbocycles. The molecule has 3 nitrogen and oxygen atoms in total. The van der Waals surface area contributed by atoms with Crippen LogP contribution >= 0.6 is 0 Å². The monoisotopic (exact) mass is 1060 g/mol. The standard InChI is InChI=1S/C79H66N2O/c1-5-57-28-32-59(33-29-57)60-38-45-70(46-39-60)82-54-56(4)27-26-55(3)53-79(65-18-10-7-11-19-65)75-25-17-16-24-71(75)72-47-44-69(52-76(72)79)80(66-20-12-8-13-21-66)68-42-36-62(37-43-68)64-41-49-78-74(51-64)73-50-63(61-34-30-58(6-2)31-35-61)40-48-77(73)81(78)67-22-14-9-15-23-67/h5-25,28-52,55-56H,1-2,26-27,53-54H2,3-4H3. The highest BCUT2D eigenvalue weighted by atomic mass is 16.5. The molecule has 1 aliphatic rings. The SMILES string of the molecule is C=Cc1ccc(-c2ccc(OCC(C)CCC(C)CC3(c4ccccc4)c4ccccc4-c4ccc(N(c5ccccc5)c5ccc(-c6ccc7c(c6)c6cc(-c8ccc(C=C)cc8)ccc6n7-c6ccccc6)cc5)cc43)cc2)cc1. The highest BCUT2D eigenvalue weighted by Crippen LogP contribution is 2.57. The van der Waals surface area contributed by atoms with Gasteiger partial charge in [-0.25, -0.2) is 0 Å². The molecular formula is C79H66N2O. The Morgan fingerprint density at radius 3 is 1.49 bits per heavy atom. The third kappa shape index (κ3) is 9.83. The number of nitrogens with zero attached hydrogens (tertiary/aromatic N) is 2. The van der Waals surface area contributed by atoms with Gasteiger partial charge in [-0.15, -0.1) is 0 Å². The molecule has 12 aromatic rings. The predicted octanol–water partition coefficient (Wildman–Crippen LogP) is 21.4. The maximum atomic E-state index is 6.43. The van der Waals surface area contributed by atoms with Gasteiger partial charge in [0, 0.05) is 38.9 Å². The zero-order valence-corrected chi connectivity index (χ0v) is 46.8. The first-order chi connectivity index (χ1) is 40.3. The normalized spacial score (nSPS) is 14.2. The van der Waals surface area contributed by atoms with Crippen molar-refractivity contribution in [3.63, 3.8) is 0 Å². The second kappa shape index (κ2) is 22.4. The van der Waals surface area contributed by atoms with Gasteiger partial charge in [0.25, 0.3) is 0 Å². The van der Waals surface area contributed by atoms with Crippen LogP contribution in [0, 0.1) is 11.8 Å². The second-order valence-electron chi connectivity index (χ2n) is 22.4. The summed E-state index contributed by atoms with van der Waals surface area (Å²) in [5.74, 6) is 1.72. The lowest BCUT2D eigenvalue weighted by Gasteiger charge is -2.36. The van der Waals surface area contributed by atoms with Gasteiger partial charge in [-0.3, -0.25) is 0 Å². The van der Waals surface area contributed by atoms with E-state index < -0.39 is 0 Å². The molecule has 1 aromatic heterocycles. The van der Waals surface area contributed by atoms with E-state index in [0.717, 1.165) is 58.9 Å². The predicted molar refractivity (Wildman–Crippen MR) is 348 cm³/mol. The minimum absolute atomic E-state index is 0.360. The van der Waals surface area contributed by atoms with Crippen LogP contribution in [0.4, 0.5) is 17.1 Å². The molecule has 0 radical (unpaired) electrons. The third-order valence-electron chi connectivity index (χ3n) is 17.1. The van der Waals surface area contributed by atoms with E-state index in [9.17, 15) is 0 Å². The topological polar surface area (TPSA) is 17.4 Å². The maximum Gasteiger partial charge on any atom is 0.119 e. The molecular weight excluding hydrogens is 993 g/mol. The summed E-state index contributed by atoms with van der Waals surface area (Å²) in [4.78, 5) is 2.43. The molecule has 82 heavy (non-hydrogen) atoms. The van der Waals surface area contributed by atoms with Gasteiger partial charge in [0.1, 0.15) is 5.75 Å². The first-order valence-corrected chi connectivity index (χ1v) is 28.9. The molecule has 3 heteroatoms. The number of ether oxygens (including phenoxy) is 1. The first-order valence-electron chi connectivity index (χ1n) is 28.9. The molecule has 0 amide bonds. The van der Waals surface area contributed by atoms with Crippen molar-refractivity contribution in [2.24, 2.45) is 11.8 Å². The van der Waals surface area contributed by atoms with E-state index >= 15 is 0 Å². The Morgan fingerprint density at radius 2 is 0.890 bits per heavy atom. The third-order valence-corrected chi connectivity index (χ3v) is 17.1. The zero-order chi connectivity index (χ0) is 55.6. The Bertz CT molecular complexity index is 4220. The number of benzene rings is 11. The van der Waals surface area contributed by atoms with E-state index in [1.54, 1.807) is 0 Å². The number of rotatable bonds is 18. The van der Waals surface area contributed by atoms with Crippen molar-refractivity contribution >= 4 is 51.0 Å². The Kier molecular flexibility index (Phi) is 14.2. The van der Waals surface area contributed by atoms with Crippen LogP contribution in [0.3, 0.4) is 0 Å². The highest BCUT2D eigenvalue weighted by molar-refractivity contribution is 6.11. The smallest absolute Gasteiger partial charge is 0.119 e. The molecule has 0 saturated heterocycles. The van der Waals surface area contributed by atoms with Gasteiger partial charge < -0.3 is 14.2 Å².